The topological polar surface area (TPSA) is 119 Å². The van der Waals surface area contributed by atoms with Gasteiger partial charge >= 0.3 is 0 Å². The van der Waals surface area contributed by atoms with E-state index in [9.17, 15) is 10.2 Å². The Balaban J connectivity index is 1.82. The molecule has 0 saturated carbocycles. The van der Waals surface area contributed by atoms with Crippen LogP contribution in [0.3, 0.4) is 0 Å². The lowest BCUT2D eigenvalue weighted by Gasteiger charge is -2.14. The maximum atomic E-state index is 10.1. The second-order valence-electron chi connectivity index (χ2n) is 5.97. The van der Waals surface area contributed by atoms with E-state index in [-0.39, 0.29) is 12.4 Å². The minimum absolute atomic E-state index is 0.244. The highest BCUT2D eigenvalue weighted by atomic mass is 16.5. The molecule has 4 N–H and O–H groups in total. The number of rotatable bonds is 2. The molecule has 4 rings (SSSR count). The molecule has 0 aliphatic carbocycles. The van der Waals surface area contributed by atoms with Crippen molar-refractivity contribution < 1.29 is 14.9 Å². The van der Waals surface area contributed by atoms with Crippen LogP contribution in [0.15, 0.2) is 36.7 Å². The molecule has 8 heteroatoms. The van der Waals surface area contributed by atoms with Crippen LogP contribution in [0.2, 0.25) is 0 Å². The first-order chi connectivity index (χ1) is 12.7. The molecule has 0 unspecified atom stereocenters. The summed E-state index contributed by atoms with van der Waals surface area (Å²) in [5.41, 5.74) is 7.66. The van der Waals surface area contributed by atoms with Crippen molar-refractivity contribution in [2.24, 2.45) is 0 Å². The van der Waals surface area contributed by atoms with Crippen LogP contribution in [0.4, 0.5) is 5.82 Å². The van der Waals surface area contributed by atoms with Crippen LogP contribution in [0.1, 0.15) is 24.0 Å². The Bertz CT molecular complexity index is 992. The van der Waals surface area contributed by atoms with E-state index in [1.807, 2.05) is 30.3 Å². The van der Waals surface area contributed by atoms with Crippen molar-refractivity contribution >= 4 is 17.0 Å². The van der Waals surface area contributed by atoms with Gasteiger partial charge in [0.2, 0.25) is 0 Å². The fraction of sp³-hybridized carbons (Fsp3) is 0.278. The lowest BCUT2D eigenvalue weighted by atomic mass is 10.2. The first-order valence-electron chi connectivity index (χ1n) is 8.17. The van der Waals surface area contributed by atoms with Gasteiger partial charge < -0.3 is 20.7 Å². The molecule has 3 heterocycles. The van der Waals surface area contributed by atoms with E-state index in [1.54, 1.807) is 4.57 Å². The van der Waals surface area contributed by atoms with Gasteiger partial charge in [0.1, 0.15) is 18.7 Å². The standard InChI is InChI=1S/C18H17N5O3/c19-17-16-18(21-10-20-17)23(15-8-12(25)13(9-24)26-15)14(22-16)7-6-11-4-2-1-3-5-11/h1-5,10,12-13,15,24-25H,8-9H2,(H2,19,20,21)/t12-,13+,15+/m0/s1. The summed E-state index contributed by atoms with van der Waals surface area (Å²) in [7, 11) is 0. The molecule has 1 aliphatic rings. The summed E-state index contributed by atoms with van der Waals surface area (Å²) in [4.78, 5) is 12.7. The summed E-state index contributed by atoms with van der Waals surface area (Å²) in [6.07, 6.45) is -0.357. The predicted molar refractivity (Wildman–Crippen MR) is 93.8 cm³/mol. The van der Waals surface area contributed by atoms with Gasteiger partial charge in [-0.3, -0.25) is 4.57 Å². The number of fused-ring (bicyclic) bond motifs is 1. The van der Waals surface area contributed by atoms with Gasteiger partial charge in [-0.15, -0.1) is 0 Å². The highest BCUT2D eigenvalue weighted by Crippen LogP contribution is 2.32. The Hall–Kier alpha value is -2.99. The van der Waals surface area contributed by atoms with Crippen molar-refractivity contribution in [1.29, 1.82) is 0 Å². The molecule has 132 valence electrons. The van der Waals surface area contributed by atoms with Crippen LogP contribution in [0, 0.1) is 11.8 Å². The number of benzene rings is 1. The molecular formula is C18H17N5O3. The number of aliphatic hydroxyl groups excluding tert-OH is 2. The quantitative estimate of drug-likeness (QED) is 0.573. The summed E-state index contributed by atoms with van der Waals surface area (Å²) in [5, 5.41) is 19.4. The molecule has 3 atom stereocenters. The first-order valence-corrected chi connectivity index (χ1v) is 8.17. The summed E-state index contributed by atoms with van der Waals surface area (Å²) < 4.78 is 7.46. The summed E-state index contributed by atoms with van der Waals surface area (Å²) in [6, 6.07) is 9.51. The Labute approximate surface area is 149 Å². The van der Waals surface area contributed by atoms with E-state index in [1.165, 1.54) is 6.33 Å². The fourth-order valence-electron chi connectivity index (χ4n) is 2.97. The Morgan fingerprint density at radius 2 is 2.04 bits per heavy atom. The van der Waals surface area contributed by atoms with Crippen molar-refractivity contribution in [2.45, 2.75) is 24.9 Å². The van der Waals surface area contributed by atoms with E-state index >= 15 is 0 Å². The van der Waals surface area contributed by atoms with Crippen molar-refractivity contribution in [1.82, 2.24) is 19.5 Å². The molecule has 3 aromatic rings. The zero-order chi connectivity index (χ0) is 18.1. The van der Waals surface area contributed by atoms with Crippen molar-refractivity contribution in [2.75, 3.05) is 12.3 Å². The zero-order valence-electron chi connectivity index (χ0n) is 13.8. The predicted octanol–water partition coefficient (Wildman–Crippen LogP) is 0.449. The van der Waals surface area contributed by atoms with Gasteiger partial charge in [-0.25, -0.2) is 15.0 Å². The van der Waals surface area contributed by atoms with Crippen LogP contribution < -0.4 is 5.73 Å². The van der Waals surface area contributed by atoms with Gasteiger partial charge in [-0.2, -0.15) is 0 Å². The highest BCUT2D eigenvalue weighted by Gasteiger charge is 2.36. The number of imidazole rings is 1. The van der Waals surface area contributed by atoms with Gasteiger partial charge in [-0.05, 0) is 18.1 Å². The van der Waals surface area contributed by atoms with E-state index in [2.05, 4.69) is 26.8 Å². The minimum atomic E-state index is -0.781. The Morgan fingerprint density at radius 3 is 2.77 bits per heavy atom. The van der Waals surface area contributed by atoms with Gasteiger partial charge in [0.15, 0.2) is 22.8 Å². The maximum absolute atomic E-state index is 10.1. The van der Waals surface area contributed by atoms with Gasteiger partial charge in [0, 0.05) is 12.0 Å². The average molecular weight is 351 g/mol. The van der Waals surface area contributed by atoms with E-state index in [0.717, 1.165) is 5.56 Å². The molecule has 1 aromatic carbocycles. The number of anilines is 1. The largest absolute Gasteiger partial charge is 0.394 e. The summed E-state index contributed by atoms with van der Waals surface area (Å²) in [5.74, 6) is 6.73. The molecular weight excluding hydrogens is 334 g/mol. The smallest absolute Gasteiger partial charge is 0.190 e. The molecule has 2 aromatic heterocycles. The van der Waals surface area contributed by atoms with Crippen LogP contribution in [-0.4, -0.2) is 48.5 Å². The zero-order valence-corrected chi connectivity index (χ0v) is 13.8. The van der Waals surface area contributed by atoms with Gasteiger partial charge in [0.25, 0.3) is 0 Å². The molecule has 8 nitrogen and oxygen atoms in total. The molecule has 0 radical (unpaired) electrons. The molecule has 0 spiro atoms. The van der Waals surface area contributed by atoms with E-state index in [4.69, 9.17) is 10.5 Å². The van der Waals surface area contributed by atoms with Crippen LogP contribution in [-0.2, 0) is 4.74 Å². The number of aromatic nitrogens is 4. The second kappa shape index (κ2) is 6.72. The SMILES string of the molecule is Nc1ncnc2c1nc(C#Cc1ccccc1)n2[C@H]1C[C@H](O)[C@@H](CO)O1. The number of ether oxygens (including phenoxy) is 1. The Morgan fingerprint density at radius 1 is 1.23 bits per heavy atom. The van der Waals surface area contributed by atoms with Crippen LogP contribution in [0.5, 0.6) is 0 Å². The molecule has 26 heavy (non-hydrogen) atoms. The monoisotopic (exact) mass is 351 g/mol. The lowest BCUT2D eigenvalue weighted by molar-refractivity contribution is -0.0434. The maximum Gasteiger partial charge on any atom is 0.190 e. The summed E-state index contributed by atoms with van der Waals surface area (Å²) >= 11 is 0. The number of nitrogens with two attached hydrogens (primary N) is 1. The fourth-order valence-corrected chi connectivity index (χ4v) is 2.97. The lowest BCUT2D eigenvalue weighted by Crippen LogP contribution is -2.24. The van der Waals surface area contributed by atoms with Crippen molar-refractivity contribution in [3.8, 4) is 11.8 Å². The molecule has 1 aliphatic heterocycles. The van der Waals surface area contributed by atoms with Gasteiger partial charge in [0.05, 0.1) is 12.7 Å². The van der Waals surface area contributed by atoms with E-state index in [0.29, 0.717) is 23.4 Å². The number of aliphatic hydroxyl groups is 2. The van der Waals surface area contributed by atoms with Crippen molar-refractivity contribution in [3.63, 3.8) is 0 Å². The number of hydrogen-bond donors (Lipinski definition) is 3. The second-order valence-corrected chi connectivity index (χ2v) is 5.97. The van der Waals surface area contributed by atoms with Crippen molar-refractivity contribution in [3.05, 3.63) is 48.0 Å². The third-order valence-corrected chi connectivity index (χ3v) is 4.27. The Kier molecular flexibility index (Phi) is 4.26. The average Bonchev–Trinajstić information content (AvgIpc) is 3.21. The summed E-state index contributed by atoms with van der Waals surface area (Å²) in [6.45, 7) is -0.271. The van der Waals surface area contributed by atoms with Crippen LogP contribution in [0.25, 0.3) is 11.2 Å². The molecule has 0 amide bonds. The third-order valence-electron chi connectivity index (χ3n) is 4.27. The first kappa shape index (κ1) is 16.5. The van der Waals surface area contributed by atoms with Gasteiger partial charge in [-0.1, -0.05) is 24.1 Å². The number of hydrogen-bond acceptors (Lipinski definition) is 7. The molecule has 1 fully saturated rings. The van der Waals surface area contributed by atoms with Crippen LogP contribution >= 0.6 is 0 Å². The minimum Gasteiger partial charge on any atom is -0.394 e. The molecule has 1 saturated heterocycles. The highest BCUT2D eigenvalue weighted by molar-refractivity contribution is 5.82. The molecule has 0 bridgehead atoms. The number of nitrogen functional groups attached to an aromatic ring is 1. The normalized spacial score (nSPS) is 22.3. The third kappa shape index (κ3) is 2.88. The van der Waals surface area contributed by atoms with E-state index < -0.39 is 18.4 Å². The number of nitrogens with zero attached hydrogens (tertiary/aromatic N) is 4.